The summed E-state index contributed by atoms with van der Waals surface area (Å²) in [5, 5.41) is 8.99. The number of aliphatic carboxylic acids is 1. The first kappa shape index (κ1) is 23.0. The number of carboxylic acid groups (broad SMARTS) is 1. The number of benzene rings is 2. The molecular weight excluding hydrogens is 384 g/mol. The highest BCUT2D eigenvalue weighted by Gasteiger charge is 2.18. The highest BCUT2D eigenvalue weighted by molar-refractivity contribution is 7.99. The Morgan fingerprint density at radius 1 is 1.00 bits per heavy atom. The number of carbonyl (C=O) groups is 2. The molecule has 0 spiro atoms. The summed E-state index contributed by atoms with van der Waals surface area (Å²) < 4.78 is 5.54. The topological polar surface area (TPSA) is 63.6 Å². The van der Waals surface area contributed by atoms with Crippen LogP contribution in [0.1, 0.15) is 61.0 Å². The van der Waals surface area contributed by atoms with Gasteiger partial charge in [-0.05, 0) is 56.1 Å². The molecule has 4 nitrogen and oxygen atoms in total. The Labute approximate surface area is 177 Å². The number of carboxylic acids is 1. The van der Waals surface area contributed by atoms with Gasteiger partial charge >= 0.3 is 5.97 Å². The number of unbranched alkanes of at least 4 members (excludes halogenated alkanes) is 2. The molecule has 0 aliphatic rings. The summed E-state index contributed by atoms with van der Waals surface area (Å²) in [6.07, 6.45) is 6.21. The fraction of sp³-hybridized carbons (Fsp3) is 0.417. The van der Waals surface area contributed by atoms with Crippen molar-refractivity contribution < 1.29 is 19.4 Å². The Hall–Kier alpha value is -2.27. The number of hydrogen-bond acceptors (Lipinski definition) is 4. The van der Waals surface area contributed by atoms with Crippen LogP contribution in [0.3, 0.4) is 0 Å². The minimum absolute atomic E-state index is 0.111. The molecule has 5 heteroatoms. The van der Waals surface area contributed by atoms with Crippen LogP contribution in [0.5, 0.6) is 5.75 Å². The molecule has 156 valence electrons. The van der Waals surface area contributed by atoms with Crippen LogP contribution in [0, 0.1) is 0 Å². The summed E-state index contributed by atoms with van der Waals surface area (Å²) in [6, 6.07) is 14.3. The number of aryl methyl sites for hydroxylation is 1. The summed E-state index contributed by atoms with van der Waals surface area (Å²) in [7, 11) is 0. The van der Waals surface area contributed by atoms with Gasteiger partial charge in [0.15, 0.2) is 12.4 Å². The van der Waals surface area contributed by atoms with Crippen LogP contribution in [-0.4, -0.2) is 29.2 Å². The Bertz CT molecular complexity index is 802. The Kier molecular flexibility index (Phi) is 9.78. The minimum Gasteiger partial charge on any atom is -0.481 e. The standard InChI is InChI=1S/C24H30O4S/c1-3-10-21-22(15-14-20(18(2)25)24(21)28-17-23(26)27)29-16-9-5-8-13-19-11-6-4-7-12-19/h4,6-7,11-12,14-15H,3,5,8-10,13,16-17H2,1-2H3,(H,26,27). The molecule has 0 saturated heterocycles. The maximum atomic E-state index is 12.0. The summed E-state index contributed by atoms with van der Waals surface area (Å²) >= 11 is 1.76. The van der Waals surface area contributed by atoms with Crippen molar-refractivity contribution >= 4 is 23.5 Å². The molecule has 2 aromatic rings. The molecule has 0 aliphatic heterocycles. The van der Waals surface area contributed by atoms with Gasteiger partial charge in [-0.3, -0.25) is 4.79 Å². The summed E-state index contributed by atoms with van der Waals surface area (Å²) in [5.41, 5.74) is 2.79. The van der Waals surface area contributed by atoms with Gasteiger partial charge in [0.2, 0.25) is 0 Å². The molecule has 0 aromatic heterocycles. The van der Waals surface area contributed by atoms with E-state index in [1.165, 1.54) is 25.3 Å². The fourth-order valence-corrected chi connectivity index (χ4v) is 4.34. The lowest BCUT2D eigenvalue weighted by Gasteiger charge is -2.17. The third-order valence-corrected chi connectivity index (χ3v) is 5.83. The first-order valence-corrected chi connectivity index (χ1v) is 11.2. The summed E-state index contributed by atoms with van der Waals surface area (Å²) in [6.45, 7) is 3.11. The van der Waals surface area contributed by atoms with Crippen molar-refractivity contribution in [2.45, 2.75) is 57.3 Å². The van der Waals surface area contributed by atoms with Gasteiger partial charge in [0.05, 0.1) is 5.56 Å². The van der Waals surface area contributed by atoms with Gasteiger partial charge in [0.25, 0.3) is 0 Å². The average molecular weight is 415 g/mol. The van der Waals surface area contributed by atoms with Crippen LogP contribution in [0.15, 0.2) is 47.4 Å². The van der Waals surface area contributed by atoms with Crippen molar-refractivity contribution in [1.29, 1.82) is 0 Å². The van der Waals surface area contributed by atoms with Crippen molar-refractivity contribution in [3.63, 3.8) is 0 Å². The van der Waals surface area contributed by atoms with E-state index in [0.29, 0.717) is 11.3 Å². The van der Waals surface area contributed by atoms with E-state index < -0.39 is 12.6 Å². The normalized spacial score (nSPS) is 10.7. The number of thioether (sulfide) groups is 1. The number of ether oxygens (including phenoxy) is 1. The van der Waals surface area contributed by atoms with Crippen LogP contribution in [0.25, 0.3) is 0 Å². The van der Waals surface area contributed by atoms with Crippen molar-refractivity contribution in [3.05, 3.63) is 59.2 Å². The lowest BCUT2D eigenvalue weighted by atomic mass is 10.0. The van der Waals surface area contributed by atoms with Crippen LogP contribution in [-0.2, 0) is 17.6 Å². The zero-order chi connectivity index (χ0) is 21.1. The molecular formula is C24H30O4S. The zero-order valence-corrected chi connectivity index (χ0v) is 18.1. The molecule has 1 N–H and O–H groups in total. The monoisotopic (exact) mass is 414 g/mol. The minimum atomic E-state index is -1.04. The molecule has 0 atom stereocenters. The summed E-state index contributed by atoms with van der Waals surface area (Å²) in [5.74, 6) is 0.276. The van der Waals surface area contributed by atoms with Crippen LogP contribution < -0.4 is 4.74 Å². The molecule has 2 rings (SSSR count). The zero-order valence-electron chi connectivity index (χ0n) is 17.3. The molecule has 0 bridgehead atoms. The van der Waals surface area contributed by atoms with Gasteiger partial charge in [0.1, 0.15) is 5.75 Å². The maximum Gasteiger partial charge on any atom is 0.341 e. The highest BCUT2D eigenvalue weighted by Crippen LogP contribution is 2.35. The number of hydrogen-bond donors (Lipinski definition) is 1. The van der Waals surface area contributed by atoms with Gasteiger partial charge in [-0.1, -0.05) is 50.1 Å². The van der Waals surface area contributed by atoms with Crippen LogP contribution in [0.4, 0.5) is 0 Å². The first-order chi connectivity index (χ1) is 14.0. The Balaban J connectivity index is 1.98. The second kappa shape index (κ2) is 12.3. The molecule has 2 aromatic carbocycles. The second-order valence-corrected chi connectivity index (χ2v) is 8.19. The molecule has 29 heavy (non-hydrogen) atoms. The van der Waals surface area contributed by atoms with E-state index in [9.17, 15) is 9.59 Å². The van der Waals surface area contributed by atoms with Crippen LogP contribution in [0.2, 0.25) is 0 Å². The van der Waals surface area contributed by atoms with Crippen molar-refractivity contribution in [2.75, 3.05) is 12.4 Å². The lowest BCUT2D eigenvalue weighted by molar-refractivity contribution is -0.139. The van der Waals surface area contributed by atoms with E-state index in [-0.39, 0.29) is 5.78 Å². The van der Waals surface area contributed by atoms with E-state index >= 15 is 0 Å². The Morgan fingerprint density at radius 2 is 1.76 bits per heavy atom. The Morgan fingerprint density at radius 3 is 2.41 bits per heavy atom. The lowest BCUT2D eigenvalue weighted by Crippen LogP contribution is -2.13. The summed E-state index contributed by atoms with van der Waals surface area (Å²) in [4.78, 5) is 24.0. The van der Waals surface area contributed by atoms with E-state index in [2.05, 4.69) is 31.2 Å². The van der Waals surface area contributed by atoms with Gasteiger partial charge in [0, 0.05) is 10.5 Å². The van der Waals surface area contributed by atoms with E-state index in [4.69, 9.17) is 9.84 Å². The molecule has 0 radical (unpaired) electrons. The number of carbonyl (C=O) groups excluding carboxylic acids is 1. The number of rotatable bonds is 13. The van der Waals surface area contributed by atoms with E-state index in [1.54, 1.807) is 17.8 Å². The second-order valence-electron chi connectivity index (χ2n) is 7.05. The predicted molar refractivity (Wildman–Crippen MR) is 118 cm³/mol. The maximum absolute atomic E-state index is 12.0. The van der Waals surface area contributed by atoms with Gasteiger partial charge in [-0.15, -0.1) is 11.8 Å². The first-order valence-electron chi connectivity index (χ1n) is 10.2. The molecule has 0 fully saturated rings. The fourth-order valence-electron chi connectivity index (χ4n) is 3.24. The van der Waals surface area contributed by atoms with E-state index in [0.717, 1.165) is 41.9 Å². The van der Waals surface area contributed by atoms with E-state index in [1.807, 2.05) is 12.1 Å². The largest absolute Gasteiger partial charge is 0.481 e. The molecule has 0 unspecified atom stereocenters. The van der Waals surface area contributed by atoms with Gasteiger partial charge < -0.3 is 9.84 Å². The molecule has 0 heterocycles. The smallest absolute Gasteiger partial charge is 0.341 e. The molecule has 0 saturated carbocycles. The van der Waals surface area contributed by atoms with Crippen LogP contribution >= 0.6 is 11.8 Å². The van der Waals surface area contributed by atoms with Crippen molar-refractivity contribution in [1.82, 2.24) is 0 Å². The third kappa shape index (κ3) is 7.58. The molecule has 0 aliphatic carbocycles. The highest BCUT2D eigenvalue weighted by atomic mass is 32.2. The third-order valence-electron chi connectivity index (χ3n) is 4.65. The average Bonchev–Trinajstić information content (AvgIpc) is 2.70. The molecule has 0 amide bonds. The number of ketones is 1. The predicted octanol–water partition coefficient (Wildman–Crippen LogP) is 5.81. The van der Waals surface area contributed by atoms with Crippen molar-refractivity contribution in [2.24, 2.45) is 0 Å². The quantitative estimate of drug-likeness (QED) is 0.254. The number of Topliss-reactive ketones (excluding diaryl/α,β-unsaturated/α-hetero) is 1. The SMILES string of the molecule is CCCc1c(SCCCCCc2ccccc2)ccc(C(C)=O)c1OCC(=O)O. The van der Waals surface area contributed by atoms with Gasteiger partial charge in [-0.2, -0.15) is 0 Å². The van der Waals surface area contributed by atoms with Crippen molar-refractivity contribution in [3.8, 4) is 5.75 Å². The van der Waals surface area contributed by atoms with Gasteiger partial charge in [-0.25, -0.2) is 4.79 Å².